The van der Waals surface area contributed by atoms with Crippen molar-refractivity contribution in [2.75, 3.05) is 0 Å². The van der Waals surface area contributed by atoms with Crippen molar-refractivity contribution in [3.8, 4) is 0 Å². The number of halogens is 1. The minimum absolute atomic E-state index is 0.0627. The van der Waals surface area contributed by atoms with Gasteiger partial charge in [0.05, 0.1) is 6.61 Å². The van der Waals surface area contributed by atoms with E-state index < -0.39 is 0 Å². The first kappa shape index (κ1) is 8.57. The molecule has 0 aromatic heterocycles. The fourth-order valence-corrected chi connectivity index (χ4v) is 1.34. The molecule has 0 heterocycles. The van der Waals surface area contributed by atoms with Crippen LogP contribution in [0.5, 0.6) is 0 Å². The Bertz CT molecular complexity index is 269. The van der Waals surface area contributed by atoms with E-state index in [0.29, 0.717) is 0 Å². The molecule has 0 bridgehead atoms. The second kappa shape index (κ2) is 3.24. The van der Waals surface area contributed by atoms with Crippen molar-refractivity contribution in [3.05, 3.63) is 33.8 Å². The molecule has 1 aromatic rings. The van der Waals surface area contributed by atoms with E-state index in [2.05, 4.69) is 0 Å². The van der Waals surface area contributed by atoms with Gasteiger partial charge in [0.15, 0.2) is 0 Å². The zero-order valence-corrected chi connectivity index (χ0v) is 7.44. The average molecular weight is 171 g/mol. The molecule has 0 amide bonds. The van der Waals surface area contributed by atoms with Crippen LogP contribution in [0.4, 0.5) is 0 Å². The summed E-state index contributed by atoms with van der Waals surface area (Å²) in [4.78, 5) is 0. The van der Waals surface area contributed by atoms with Crippen LogP contribution in [0.15, 0.2) is 12.1 Å². The minimum atomic E-state index is 0.0627. The molecule has 1 aromatic carbocycles. The summed E-state index contributed by atoms with van der Waals surface area (Å²) >= 11 is 5.89. The molecule has 0 aliphatic rings. The van der Waals surface area contributed by atoms with Gasteiger partial charge in [-0.15, -0.1) is 0 Å². The molecule has 0 aliphatic carbocycles. The lowest BCUT2D eigenvalue weighted by atomic mass is 10.1. The Hall–Kier alpha value is -0.530. The summed E-state index contributed by atoms with van der Waals surface area (Å²) in [7, 11) is 0. The number of rotatable bonds is 1. The van der Waals surface area contributed by atoms with Crippen LogP contribution in [-0.4, -0.2) is 5.11 Å². The van der Waals surface area contributed by atoms with Crippen molar-refractivity contribution < 1.29 is 5.11 Å². The molecule has 0 radical (unpaired) electrons. The molecule has 0 fully saturated rings. The lowest BCUT2D eigenvalue weighted by Crippen LogP contribution is -1.90. The van der Waals surface area contributed by atoms with E-state index in [4.69, 9.17) is 16.7 Å². The van der Waals surface area contributed by atoms with E-state index in [0.717, 1.165) is 21.7 Å². The molecule has 11 heavy (non-hydrogen) atoms. The highest BCUT2D eigenvalue weighted by Gasteiger charge is 2.01. The fraction of sp³-hybridized carbons (Fsp3) is 0.333. The van der Waals surface area contributed by atoms with Gasteiger partial charge < -0.3 is 5.11 Å². The highest BCUT2D eigenvalue weighted by atomic mass is 35.5. The summed E-state index contributed by atoms with van der Waals surface area (Å²) in [6.07, 6.45) is 0. The van der Waals surface area contributed by atoms with Crippen LogP contribution in [0.3, 0.4) is 0 Å². The molecular weight excluding hydrogens is 160 g/mol. The van der Waals surface area contributed by atoms with E-state index in [-0.39, 0.29) is 6.61 Å². The maximum atomic E-state index is 8.91. The van der Waals surface area contributed by atoms with Crippen LogP contribution >= 0.6 is 11.6 Å². The van der Waals surface area contributed by atoms with Gasteiger partial charge in [0, 0.05) is 5.02 Å². The maximum absolute atomic E-state index is 8.91. The van der Waals surface area contributed by atoms with Crippen molar-refractivity contribution >= 4 is 11.6 Å². The molecule has 0 unspecified atom stereocenters. The largest absolute Gasteiger partial charge is 0.392 e. The van der Waals surface area contributed by atoms with Gasteiger partial charge in [-0.3, -0.25) is 0 Å². The van der Waals surface area contributed by atoms with Crippen molar-refractivity contribution in [2.24, 2.45) is 0 Å². The van der Waals surface area contributed by atoms with Gasteiger partial charge >= 0.3 is 0 Å². The third-order valence-corrected chi connectivity index (χ3v) is 2.16. The smallest absolute Gasteiger partial charge is 0.0685 e. The zero-order chi connectivity index (χ0) is 8.43. The number of aliphatic hydroxyl groups is 1. The van der Waals surface area contributed by atoms with E-state index in [1.165, 1.54) is 0 Å². The molecule has 60 valence electrons. The van der Waals surface area contributed by atoms with Gasteiger partial charge in [0.1, 0.15) is 0 Å². The first-order valence-corrected chi connectivity index (χ1v) is 3.89. The summed E-state index contributed by atoms with van der Waals surface area (Å²) in [5.41, 5.74) is 2.97. The Kier molecular flexibility index (Phi) is 2.53. The molecule has 0 aliphatic heterocycles. The molecule has 1 nitrogen and oxygen atoms in total. The Morgan fingerprint density at radius 2 is 2.00 bits per heavy atom. The SMILES string of the molecule is Cc1cc(Cl)c(C)c(CO)c1. The van der Waals surface area contributed by atoms with Crippen LogP contribution in [-0.2, 0) is 6.61 Å². The first-order valence-electron chi connectivity index (χ1n) is 3.51. The highest BCUT2D eigenvalue weighted by Crippen LogP contribution is 2.20. The second-order valence-corrected chi connectivity index (χ2v) is 3.10. The molecule has 0 saturated carbocycles. The highest BCUT2D eigenvalue weighted by molar-refractivity contribution is 6.31. The zero-order valence-electron chi connectivity index (χ0n) is 6.69. The van der Waals surface area contributed by atoms with Crippen molar-refractivity contribution in [2.45, 2.75) is 20.5 Å². The van der Waals surface area contributed by atoms with E-state index >= 15 is 0 Å². The lowest BCUT2D eigenvalue weighted by molar-refractivity contribution is 0.281. The van der Waals surface area contributed by atoms with Crippen molar-refractivity contribution in [3.63, 3.8) is 0 Å². The van der Waals surface area contributed by atoms with Crippen LogP contribution in [0.2, 0.25) is 5.02 Å². The molecule has 1 N–H and O–H groups in total. The third kappa shape index (κ3) is 1.73. The Balaban J connectivity index is 3.24. The third-order valence-electron chi connectivity index (χ3n) is 1.77. The molecule has 2 heteroatoms. The van der Waals surface area contributed by atoms with Gasteiger partial charge in [0.2, 0.25) is 0 Å². The summed E-state index contributed by atoms with van der Waals surface area (Å²) in [6.45, 7) is 3.94. The van der Waals surface area contributed by atoms with Gasteiger partial charge in [-0.05, 0) is 36.6 Å². The second-order valence-electron chi connectivity index (χ2n) is 2.69. The first-order chi connectivity index (χ1) is 5.15. The van der Waals surface area contributed by atoms with Gasteiger partial charge in [-0.25, -0.2) is 0 Å². The van der Waals surface area contributed by atoms with Gasteiger partial charge in [0.25, 0.3) is 0 Å². The quantitative estimate of drug-likeness (QED) is 0.687. The van der Waals surface area contributed by atoms with Crippen molar-refractivity contribution in [1.82, 2.24) is 0 Å². The minimum Gasteiger partial charge on any atom is -0.392 e. The number of aryl methyl sites for hydroxylation is 1. The molecular formula is C9H11ClO. The summed E-state index contributed by atoms with van der Waals surface area (Å²) in [5.74, 6) is 0. The maximum Gasteiger partial charge on any atom is 0.0685 e. The lowest BCUT2D eigenvalue weighted by Gasteiger charge is -2.05. The summed E-state index contributed by atoms with van der Waals surface area (Å²) < 4.78 is 0. The predicted octanol–water partition coefficient (Wildman–Crippen LogP) is 2.45. The molecule has 0 saturated heterocycles. The topological polar surface area (TPSA) is 20.2 Å². The number of benzene rings is 1. The number of aliphatic hydroxyl groups excluding tert-OH is 1. The van der Waals surface area contributed by atoms with Gasteiger partial charge in [-0.1, -0.05) is 17.7 Å². The van der Waals surface area contributed by atoms with E-state index in [1.54, 1.807) is 0 Å². The molecule has 0 atom stereocenters. The average Bonchev–Trinajstić information content (AvgIpc) is 1.96. The molecule has 0 spiro atoms. The van der Waals surface area contributed by atoms with Crippen LogP contribution < -0.4 is 0 Å². The monoisotopic (exact) mass is 170 g/mol. The van der Waals surface area contributed by atoms with Crippen molar-refractivity contribution in [1.29, 1.82) is 0 Å². The number of hydrogen-bond donors (Lipinski definition) is 1. The fourth-order valence-electron chi connectivity index (χ4n) is 1.05. The number of hydrogen-bond acceptors (Lipinski definition) is 1. The normalized spacial score (nSPS) is 10.2. The van der Waals surface area contributed by atoms with Gasteiger partial charge in [-0.2, -0.15) is 0 Å². The Morgan fingerprint density at radius 3 is 2.55 bits per heavy atom. The van der Waals surface area contributed by atoms with Crippen LogP contribution in [0, 0.1) is 13.8 Å². The van der Waals surface area contributed by atoms with Crippen LogP contribution in [0.25, 0.3) is 0 Å². The summed E-state index contributed by atoms with van der Waals surface area (Å²) in [5, 5.41) is 9.64. The van der Waals surface area contributed by atoms with E-state index in [9.17, 15) is 0 Å². The van der Waals surface area contributed by atoms with Crippen LogP contribution in [0.1, 0.15) is 16.7 Å². The Labute approximate surface area is 71.6 Å². The van der Waals surface area contributed by atoms with E-state index in [1.807, 2.05) is 26.0 Å². The Morgan fingerprint density at radius 1 is 1.36 bits per heavy atom. The predicted molar refractivity (Wildman–Crippen MR) is 46.8 cm³/mol. The summed E-state index contributed by atoms with van der Waals surface area (Å²) in [6, 6.07) is 3.84. The molecule has 1 rings (SSSR count). The standard InChI is InChI=1S/C9H11ClO/c1-6-3-8(5-11)7(2)9(10)4-6/h3-4,11H,5H2,1-2H3.